The highest BCUT2D eigenvalue weighted by atomic mass is 127. The molecular weight excluding hydrogens is 449 g/mol. The number of amides is 2. The lowest BCUT2D eigenvalue weighted by atomic mass is 9.95. The van der Waals surface area contributed by atoms with E-state index in [-0.39, 0.29) is 42.5 Å². The third kappa shape index (κ3) is 7.16. The molecule has 1 saturated carbocycles. The average molecular weight is 481 g/mol. The van der Waals surface area contributed by atoms with Crippen LogP contribution in [0.5, 0.6) is 0 Å². The fourth-order valence-corrected chi connectivity index (χ4v) is 3.33. The summed E-state index contributed by atoms with van der Waals surface area (Å²) in [6.45, 7) is 4.94. The summed E-state index contributed by atoms with van der Waals surface area (Å²) in [4.78, 5) is 31.9. The van der Waals surface area contributed by atoms with E-state index in [9.17, 15) is 9.59 Å². The van der Waals surface area contributed by atoms with Gasteiger partial charge in [0.25, 0.3) is 0 Å². The van der Waals surface area contributed by atoms with E-state index in [1.807, 2.05) is 0 Å². The average Bonchev–Trinajstić information content (AvgIpc) is 2.64. The molecule has 1 aliphatic carbocycles. The molecule has 0 spiro atoms. The summed E-state index contributed by atoms with van der Waals surface area (Å²) >= 11 is 0. The van der Waals surface area contributed by atoms with E-state index in [4.69, 9.17) is 4.74 Å². The Morgan fingerprint density at radius 3 is 2.27 bits per heavy atom. The van der Waals surface area contributed by atoms with Crippen molar-refractivity contribution >= 4 is 41.9 Å². The van der Waals surface area contributed by atoms with E-state index in [2.05, 4.69) is 20.5 Å². The Bertz CT molecular complexity index is 475. The minimum atomic E-state index is -0.267. The van der Waals surface area contributed by atoms with Crippen LogP contribution >= 0.6 is 24.0 Å². The van der Waals surface area contributed by atoms with E-state index in [1.54, 1.807) is 18.9 Å². The van der Waals surface area contributed by atoms with Crippen LogP contribution < -0.4 is 10.6 Å². The second-order valence-corrected chi connectivity index (χ2v) is 6.48. The zero-order valence-corrected chi connectivity index (χ0v) is 18.2. The number of halogens is 1. The van der Waals surface area contributed by atoms with E-state index in [1.165, 1.54) is 19.3 Å². The molecule has 2 aliphatic rings. The maximum atomic E-state index is 12.1. The number of nitrogens with zero attached hydrogens (tertiary/aromatic N) is 3. The Labute approximate surface area is 173 Å². The van der Waals surface area contributed by atoms with Gasteiger partial charge < -0.3 is 25.2 Å². The first-order chi connectivity index (χ1) is 12.1. The summed E-state index contributed by atoms with van der Waals surface area (Å²) in [5.41, 5.74) is 0. The van der Waals surface area contributed by atoms with Gasteiger partial charge in [0.2, 0.25) is 5.91 Å². The number of ether oxygens (including phenoxy) is 1. The lowest BCUT2D eigenvalue weighted by Gasteiger charge is -2.35. The van der Waals surface area contributed by atoms with Crippen molar-refractivity contribution in [3.05, 3.63) is 0 Å². The Balaban J connectivity index is 0.00000338. The van der Waals surface area contributed by atoms with Crippen molar-refractivity contribution in [2.75, 3.05) is 46.4 Å². The molecule has 2 amide bonds. The highest BCUT2D eigenvalue weighted by Gasteiger charge is 2.24. The molecule has 0 aromatic rings. The molecule has 1 aliphatic heterocycles. The van der Waals surface area contributed by atoms with Gasteiger partial charge in [0, 0.05) is 39.3 Å². The first kappa shape index (κ1) is 22.8. The highest BCUT2D eigenvalue weighted by Crippen LogP contribution is 2.17. The first-order valence-corrected chi connectivity index (χ1v) is 9.30. The van der Waals surface area contributed by atoms with Crippen molar-refractivity contribution < 1.29 is 14.3 Å². The number of carbonyl (C=O) groups is 2. The predicted molar refractivity (Wildman–Crippen MR) is 112 cm³/mol. The smallest absolute Gasteiger partial charge is 0.409 e. The van der Waals surface area contributed by atoms with Crippen molar-refractivity contribution in [2.24, 2.45) is 4.99 Å². The minimum absolute atomic E-state index is 0. The van der Waals surface area contributed by atoms with Gasteiger partial charge in [-0.15, -0.1) is 24.0 Å². The topological polar surface area (TPSA) is 86.3 Å². The highest BCUT2D eigenvalue weighted by molar-refractivity contribution is 14.0. The maximum Gasteiger partial charge on any atom is 0.409 e. The summed E-state index contributed by atoms with van der Waals surface area (Å²) in [6.07, 6.45) is 5.56. The number of rotatable bonds is 4. The second-order valence-electron chi connectivity index (χ2n) is 6.48. The van der Waals surface area contributed by atoms with Gasteiger partial charge >= 0.3 is 6.09 Å². The van der Waals surface area contributed by atoms with Gasteiger partial charge in [-0.1, -0.05) is 19.3 Å². The molecule has 0 aromatic heterocycles. The van der Waals surface area contributed by atoms with Crippen LogP contribution in [0, 0.1) is 0 Å². The maximum absolute atomic E-state index is 12.1. The fraction of sp³-hybridized carbons (Fsp3) is 0.824. The largest absolute Gasteiger partial charge is 0.450 e. The molecule has 2 fully saturated rings. The molecule has 0 aromatic carbocycles. The quantitative estimate of drug-likeness (QED) is 0.360. The zero-order chi connectivity index (χ0) is 18.1. The standard InChI is InChI=1S/C17H31N5O3.HI/c1-3-25-17(24)22-11-9-21(10-12-22)16(18-2)19-13-15(23)20-14-7-5-4-6-8-14;/h14H,3-13H2,1-2H3,(H,18,19)(H,20,23);1H. The number of aliphatic imine (C=N–C) groups is 1. The Morgan fingerprint density at radius 2 is 1.69 bits per heavy atom. The molecule has 2 rings (SSSR count). The molecule has 9 heteroatoms. The number of guanidine groups is 1. The van der Waals surface area contributed by atoms with Crippen LogP contribution in [-0.4, -0.2) is 80.2 Å². The van der Waals surface area contributed by atoms with E-state index >= 15 is 0 Å². The minimum Gasteiger partial charge on any atom is -0.450 e. The first-order valence-electron chi connectivity index (χ1n) is 9.30. The molecule has 0 atom stereocenters. The predicted octanol–water partition coefficient (Wildman–Crippen LogP) is 1.40. The number of piperazine rings is 1. The number of hydrogen-bond acceptors (Lipinski definition) is 4. The van der Waals surface area contributed by atoms with Gasteiger partial charge in [-0.3, -0.25) is 9.79 Å². The number of carbonyl (C=O) groups excluding carboxylic acids is 2. The summed E-state index contributed by atoms with van der Waals surface area (Å²) in [6, 6.07) is 0.318. The fourth-order valence-electron chi connectivity index (χ4n) is 3.33. The SMILES string of the molecule is CCOC(=O)N1CCN(C(=NC)NCC(=O)NC2CCCCC2)CC1.I. The van der Waals surface area contributed by atoms with Crippen LogP contribution in [0.2, 0.25) is 0 Å². The van der Waals surface area contributed by atoms with Gasteiger partial charge in [0.15, 0.2) is 5.96 Å². The zero-order valence-electron chi connectivity index (χ0n) is 15.8. The second kappa shape index (κ2) is 12.2. The summed E-state index contributed by atoms with van der Waals surface area (Å²) in [7, 11) is 1.71. The van der Waals surface area contributed by atoms with E-state index in [0.717, 1.165) is 12.8 Å². The monoisotopic (exact) mass is 481 g/mol. The van der Waals surface area contributed by atoms with Crippen molar-refractivity contribution in [2.45, 2.75) is 45.1 Å². The number of hydrogen-bond donors (Lipinski definition) is 2. The van der Waals surface area contributed by atoms with Crippen LogP contribution in [0.25, 0.3) is 0 Å². The summed E-state index contributed by atoms with van der Waals surface area (Å²) in [5.74, 6) is 0.709. The van der Waals surface area contributed by atoms with Crippen LogP contribution in [0.15, 0.2) is 4.99 Å². The Kier molecular flexibility index (Phi) is 10.7. The van der Waals surface area contributed by atoms with Crippen LogP contribution in [0.1, 0.15) is 39.0 Å². The van der Waals surface area contributed by atoms with Gasteiger partial charge in [0.05, 0.1) is 13.2 Å². The van der Waals surface area contributed by atoms with Crippen molar-refractivity contribution in [3.8, 4) is 0 Å². The lowest BCUT2D eigenvalue weighted by molar-refractivity contribution is -0.120. The molecule has 0 unspecified atom stereocenters. The van der Waals surface area contributed by atoms with Gasteiger partial charge in [-0.25, -0.2) is 4.79 Å². The molecule has 0 bridgehead atoms. The van der Waals surface area contributed by atoms with Crippen LogP contribution in [-0.2, 0) is 9.53 Å². The molecule has 2 N–H and O–H groups in total. The molecule has 1 saturated heterocycles. The third-order valence-electron chi connectivity index (χ3n) is 4.69. The third-order valence-corrected chi connectivity index (χ3v) is 4.69. The lowest BCUT2D eigenvalue weighted by Crippen LogP contribution is -2.55. The van der Waals surface area contributed by atoms with Crippen molar-refractivity contribution in [1.82, 2.24) is 20.4 Å². The van der Waals surface area contributed by atoms with Gasteiger partial charge in [-0.2, -0.15) is 0 Å². The van der Waals surface area contributed by atoms with Crippen molar-refractivity contribution in [1.29, 1.82) is 0 Å². The summed E-state index contributed by atoms with van der Waals surface area (Å²) < 4.78 is 5.02. The van der Waals surface area contributed by atoms with Gasteiger partial charge in [0.1, 0.15) is 0 Å². The normalized spacial score (nSPS) is 18.8. The molecule has 1 heterocycles. The number of nitrogens with one attached hydrogen (secondary N) is 2. The Hall–Kier alpha value is -1.26. The molecule has 26 heavy (non-hydrogen) atoms. The van der Waals surface area contributed by atoms with E-state index < -0.39 is 0 Å². The van der Waals surface area contributed by atoms with Crippen LogP contribution in [0.4, 0.5) is 4.79 Å². The van der Waals surface area contributed by atoms with Gasteiger partial charge in [-0.05, 0) is 19.8 Å². The van der Waals surface area contributed by atoms with E-state index in [0.29, 0.717) is 44.8 Å². The molecular formula is C17H32IN5O3. The molecule has 8 nitrogen and oxygen atoms in total. The molecule has 150 valence electrons. The Morgan fingerprint density at radius 1 is 1.08 bits per heavy atom. The van der Waals surface area contributed by atoms with Crippen molar-refractivity contribution in [3.63, 3.8) is 0 Å². The molecule has 0 radical (unpaired) electrons. The van der Waals surface area contributed by atoms with Crippen LogP contribution in [0.3, 0.4) is 0 Å². The summed E-state index contributed by atoms with van der Waals surface area (Å²) in [5, 5.41) is 6.22.